The SMILES string of the molecule is Cc1c(C(=O)Nc2nccs2)oc2c1/C(=N/N=C(N)N)CCC2. The molecule has 0 bridgehead atoms. The molecule has 2 aromatic rings. The number of nitrogens with zero attached hydrogens (tertiary/aromatic N) is 3. The predicted octanol–water partition coefficient (Wildman–Crippen LogP) is 1.61. The fourth-order valence-electron chi connectivity index (χ4n) is 2.54. The fraction of sp³-hybridized carbons (Fsp3) is 0.286. The van der Waals surface area contributed by atoms with E-state index in [1.807, 2.05) is 6.92 Å². The molecular formula is C14H16N6O2S. The monoisotopic (exact) mass is 332 g/mol. The van der Waals surface area contributed by atoms with Crippen LogP contribution in [-0.4, -0.2) is 22.6 Å². The Kier molecular flexibility index (Phi) is 4.11. The fourth-order valence-corrected chi connectivity index (χ4v) is 3.07. The number of nitrogens with one attached hydrogen (secondary N) is 1. The van der Waals surface area contributed by atoms with E-state index in [-0.39, 0.29) is 17.6 Å². The van der Waals surface area contributed by atoms with Gasteiger partial charge in [0.2, 0.25) is 5.96 Å². The molecule has 5 N–H and O–H groups in total. The number of fused-ring (bicyclic) bond motifs is 1. The molecule has 8 nitrogen and oxygen atoms in total. The molecule has 0 aromatic carbocycles. The minimum absolute atomic E-state index is 0.104. The van der Waals surface area contributed by atoms with E-state index in [4.69, 9.17) is 15.9 Å². The lowest BCUT2D eigenvalue weighted by atomic mass is 9.93. The molecule has 0 radical (unpaired) electrons. The average Bonchev–Trinajstić information content (AvgIpc) is 3.13. The zero-order valence-corrected chi connectivity index (χ0v) is 13.3. The molecule has 1 aliphatic rings. The Hall–Kier alpha value is -2.68. The topological polar surface area (TPSA) is 132 Å². The zero-order chi connectivity index (χ0) is 16.4. The number of amides is 1. The Balaban J connectivity index is 1.95. The molecule has 2 aromatic heterocycles. The number of aromatic nitrogens is 1. The molecule has 23 heavy (non-hydrogen) atoms. The van der Waals surface area contributed by atoms with Crippen molar-refractivity contribution in [2.24, 2.45) is 21.7 Å². The van der Waals surface area contributed by atoms with Crippen LogP contribution in [0.2, 0.25) is 0 Å². The molecule has 0 unspecified atom stereocenters. The van der Waals surface area contributed by atoms with Gasteiger partial charge in [0.25, 0.3) is 5.91 Å². The number of hydrogen-bond donors (Lipinski definition) is 3. The number of guanidine groups is 1. The summed E-state index contributed by atoms with van der Waals surface area (Å²) in [6, 6.07) is 0. The molecule has 120 valence electrons. The number of carbonyl (C=O) groups excluding carboxylic acids is 1. The van der Waals surface area contributed by atoms with Crippen molar-refractivity contribution in [2.75, 3.05) is 5.32 Å². The molecule has 0 aliphatic heterocycles. The third-order valence-electron chi connectivity index (χ3n) is 3.47. The van der Waals surface area contributed by atoms with E-state index in [9.17, 15) is 4.79 Å². The summed E-state index contributed by atoms with van der Waals surface area (Å²) < 4.78 is 5.76. The van der Waals surface area contributed by atoms with E-state index in [0.29, 0.717) is 5.13 Å². The second kappa shape index (κ2) is 6.21. The van der Waals surface area contributed by atoms with Gasteiger partial charge in [-0.05, 0) is 19.8 Å². The van der Waals surface area contributed by atoms with E-state index in [1.54, 1.807) is 11.6 Å². The van der Waals surface area contributed by atoms with Gasteiger partial charge in [-0.15, -0.1) is 16.4 Å². The molecule has 0 spiro atoms. The number of rotatable bonds is 3. The Morgan fingerprint density at radius 2 is 2.26 bits per heavy atom. The standard InChI is InChI=1S/C14H16N6O2S/c1-7-10-8(19-20-13(15)16)3-2-4-9(10)22-11(7)12(21)18-14-17-5-6-23-14/h5-6H,2-4H2,1H3,(H4,15,16,20)(H,17,18,21)/b19-8+. The molecule has 0 fully saturated rings. The van der Waals surface area contributed by atoms with Gasteiger partial charge in [-0.3, -0.25) is 10.1 Å². The molecule has 2 heterocycles. The number of thiazole rings is 1. The van der Waals surface area contributed by atoms with E-state index in [2.05, 4.69) is 20.5 Å². The molecule has 3 rings (SSSR count). The van der Waals surface area contributed by atoms with Gasteiger partial charge in [-0.2, -0.15) is 5.10 Å². The van der Waals surface area contributed by atoms with Crippen LogP contribution in [0, 0.1) is 6.92 Å². The highest BCUT2D eigenvalue weighted by molar-refractivity contribution is 7.13. The van der Waals surface area contributed by atoms with E-state index in [0.717, 1.165) is 41.9 Å². The third-order valence-corrected chi connectivity index (χ3v) is 4.16. The quantitative estimate of drug-likeness (QED) is 0.446. The Morgan fingerprint density at radius 1 is 1.43 bits per heavy atom. The molecule has 0 atom stereocenters. The second-order valence-corrected chi connectivity index (χ2v) is 5.97. The summed E-state index contributed by atoms with van der Waals surface area (Å²) in [5.41, 5.74) is 12.9. The summed E-state index contributed by atoms with van der Waals surface area (Å²) >= 11 is 1.34. The lowest BCUT2D eigenvalue weighted by Crippen LogP contribution is -2.22. The summed E-state index contributed by atoms with van der Waals surface area (Å²) in [5.74, 6) is 0.577. The smallest absolute Gasteiger partial charge is 0.293 e. The lowest BCUT2D eigenvalue weighted by Gasteiger charge is -2.11. The molecule has 9 heteroatoms. The number of hydrogen-bond acceptors (Lipinski definition) is 6. The summed E-state index contributed by atoms with van der Waals surface area (Å²) in [7, 11) is 0. The Morgan fingerprint density at radius 3 is 2.96 bits per heavy atom. The van der Waals surface area contributed by atoms with Gasteiger partial charge in [0.1, 0.15) is 5.76 Å². The minimum Gasteiger partial charge on any atom is -0.455 e. The van der Waals surface area contributed by atoms with Gasteiger partial charge >= 0.3 is 0 Å². The average molecular weight is 332 g/mol. The normalized spacial score (nSPS) is 15.3. The summed E-state index contributed by atoms with van der Waals surface area (Å²) in [4.78, 5) is 16.4. The second-order valence-electron chi connectivity index (χ2n) is 5.07. The van der Waals surface area contributed by atoms with Crippen molar-refractivity contribution in [1.29, 1.82) is 0 Å². The van der Waals surface area contributed by atoms with Crippen LogP contribution < -0.4 is 16.8 Å². The first-order chi connectivity index (χ1) is 11.1. The van der Waals surface area contributed by atoms with Gasteiger partial charge in [0, 0.05) is 29.1 Å². The first kappa shape index (κ1) is 15.2. The highest BCUT2D eigenvalue weighted by atomic mass is 32.1. The van der Waals surface area contributed by atoms with Gasteiger partial charge in [0.15, 0.2) is 10.9 Å². The first-order valence-corrected chi connectivity index (χ1v) is 7.93. The largest absolute Gasteiger partial charge is 0.455 e. The molecule has 1 aliphatic carbocycles. The molecule has 0 saturated heterocycles. The van der Waals surface area contributed by atoms with Crippen LogP contribution in [0.1, 0.15) is 40.3 Å². The van der Waals surface area contributed by atoms with E-state index >= 15 is 0 Å². The Bertz CT molecular complexity index is 787. The van der Waals surface area contributed by atoms with Gasteiger partial charge in [0.05, 0.1) is 5.71 Å². The lowest BCUT2D eigenvalue weighted by molar-refractivity contribution is 0.0994. The van der Waals surface area contributed by atoms with Crippen LogP contribution >= 0.6 is 11.3 Å². The van der Waals surface area contributed by atoms with Gasteiger partial charge in [-0.25, -0.2) is 4.98 Å². The number of furan rings is 1. The van der Waals surface area contributed by atoms with Crippen LogP contribution in [0.15, 0.2) is 26.2 Å². The van der Waals surface area contributed by atoms with Crippen LogP contribution in [0.3, 0.4) is 0 Å². The van der Waals surface area contributed by atoms with Crippen LogP contribution in [0.4, 0.5) is 5.13 Å². The Labute approximate surface area is 136 Å². The van der Waals surface area contributed by atoms with Crippen molar-refractivity contribution in [1.82, 2.24) is 4.98 Å². The van der Waals surface area contributed by atoms with Crippen LogP contribution in [0.25, 0.3) is 0 Å². The summed E-state index contributed by atoms with van der Waals surface area (Å²) in [6.45, 7) is 1.83. The van der Waals surface area contributed by atoms with E-state index in [1.165, 1.54) is 11.3 Å². The maximum absolute atomic E-state index is 12.4. The van der Waals surface area contributed by atoms with Crippen molar-refractivity contribution in [3.8, 4) is 0 Å². The number of aryl methyl sites for hydroxylation is 1. The minimum atomic E-state index is -0.326. The molecular weight excluding hydrogens is 316 g/mol. The first-order valence-electron chi connectivity index (χ1n) is 7.05. The number of nitrogens with two attached hydrogens (primary N) is 2. The maximum atomic E-state index is 12.4. The van der Waals surface area contributed by atoms with Crippen molar-refractivity contribution in [2.45, 2.75) is 26.2 Å². The number of anilines is 1. The highest BCUT2D eigenvalue weighted by Gasteiger charge is 2.28. The maximum Gasteiger partial charge on any atom is 0.293 e. The van der Waals surface area contributed by atoms with Crippen molar-refractivity contribution < 1.29 is 9.21 Å². The third kappa shape index (κ3) is 3.09. The zero-order valence-electron chi connectivity index (χ0n) is 12.5. The number of carbonyl (C=O) groups is 1. The summed E-state index contributed by atoms with van der Waals surface area (Å²) in [6.07, 6.45) is 3.98. The van der Waals surface area contributed by atoms with Crippen molar-refractivity contribution in [3.05, 3.63) is 34.2 Å². The summed E-state index contributed by atoms with van der Waals surface area (Å²) in [5, 5.41) is 12.8. The predicted molar refractivity (Wildman–Crippen MR) is 88.8 cm³/mol. The van der Waals surface area contributed by atoms with E-state index < -0.39 is 0 Å². The van der Waals surface area contributed by atoms with Crippen LogP contribution in [0.5, 0.6) is 0 Å². The van der Waals surface area contributed by atoms with Crippen molar-refractivity contribution >= 4 is 34.0 Å². The highest BCUT2D eigenvalue weighted by Crippen LogP contribution is 2.30. The molecule has 1 amide bonds. The van der Waals surface area contributed by atoms with Gasteiger partial charge < -0.3 is 15.9 Å². The van der Waals surface area contributed by atoms with Gasteiger partial charge in [-0.1, -0.05) is 0 Å². The van der Waals surface area contributed by atoms with Crippen molar-refractivity contribution in [3.63, 3.8) is 0 Å². The van der Waals surface area contributed by atoms with Crippen LogP contribution in [-0.2, 0) is 6.42 Å². The molecule has 0 saturated carbocycles.